The molecule has 1 rings (SSSR count). The van der Waals surface area contributed by atoms with Crippen LogP contribution in [0, 0.1) is 6.92 Å². The van der Waals surface area contributed by atoms with Crippen LogP contribution in [0.4, 0.5) is 18.0 Å². The summed E-state index contributed by atoms with van der Waals surface area (Å²) in [5.41, 5.74) is -2.02. The highest BCUT2D eigenvalue weighted by Crippen LogP contribution is 2.30. The van der Waals surface area contributed by atoms with Gasteiger partial charge in [-0.15, -0.1) is 0 Å². The molecule has 0 saturated heterocycles. The molecule has 2 amide bonds. The van der Waals surface area contributed by atoms with Crippen LogP contribution in [0.2, 0.25) is 0 Å². The van der Waals surface area contributed by atoms with E-state index in [2.05, 4.69) is 10.4 Å². The van der Waals surface area contributed by atoms with Crippen molar-refractivity contribution in [1.29, 1.82) is 0 Å². The lowest BCUT2D eigenvalue weighted by molar-refractivity contribution is -0.203. The van der Waals surface area contributed by atoms with Crippen LogP contribution in [0.3, 0.4) is 0 Å². The molecule has 0 saturated carbocycles. The van der Waals surface area contributed by atoms with Crippen molar-refractivity contribution in [3.8, 4) is 0 Å². The van der Waals surface area contributed by atoms with Gasteiger partial charge >= 0.3 is 18.2 Å². The summed E-state index contributed by atoms with van der Waals surface area (Å²) in [7, 11) is 1.67. The molecule has 7 nitrogen and oxygen atoms in total. The number of rotatable bonds is 4. The Morgan fingerprint density at radius 2 is 2.00 bits per heavy atom. The second-order valence-electron chi connectivity index (χ2n) is 4.61. The number of hydrogen-bond donors (Lipinski definition) is 3. The lowest BCUT2D eigenvalue weighted by Gasteiger charge is -2.28. The van der Waals surface area contributed by atoms with Gasteiger partial charge in [0.25, 0.3) is 0 Å². The van der Waals surface area contributed by atoms with Crippen molar-refractivity contribution in [3.63, 3.8) is 0 Å². The minimum Gasteiger partial charge on any atom is -0.479 e. The zero-order valence-corrected chi connectivity index (χ0v) is 11.6. The molecule has 1 heterocycles. The third kappa shape index (κ3) is 3.44. The molecule has 0 aliphatic heterocycles. The molecule has 0 fully saturated rings. The van der Waals surface area contributed by atoms with Crippen molar-refractivity contribution in [2.75, 3.05) is 0 Å². The Morgan fingerprint density at radius 3 is 2.38 bits per heavy atom. The first-order valence-electron chi connectivity index (χ1n) is 5.82. The number of hydrogen-bond acceptors (Lipinski definition) is 3. The summed E-state index contributed by atoms with van der Waals surface area (Å²) in [6.45, 7) is 2.03. The summed E-state index contributed by atoms with van der Waals surface area (Å²) in [6.07, 6.45) is -3.67. The Kier molecular flexibility index (Phi) is 4.49. The van der Waals surface area contributed by atoms with E-state index < -0.39 is 23.7 Å². The largest absolute Gasteiger partial charge is 0.479 e. The van der Waals surface area contributed by atoms with Gasteiger partial charge in [-0.3, -0.25) is 4.68 Å². The van der Waals surface area contributed by atoms with Gasteiger partial charge in [0.05, 0.1) is 6.20 Å². The van der Waals surface area contributed by atoms with Gasteiger partial charge in [-0.05, 0) is 13.8 Å². The Morgan fingerprint density at radius 1 is 1.43 bits per heavy atom. The molecule has 118 valence electrons. The average Bonchev–Trinajstić information content (AvgIpc) is 2.65. The second-order valence-corrected chi connectivity index (χ2v) is 4.61. The molecule has 0 aromatic carbocycles. The number of aryl methyl sites for hydroxylation is 1. The van der Waals surface area contributed by atoms with E-state index in [0.717, 1.165) is 5.69 Å². The fourth-order valence-electron chi connectivity index (χ4n) is 1.41. The van der Waals surface area contributed by atoms with Crippen molar-refractivity contribution in [1.82, 2.24) is 20.4 Å². The SMILES string of the molecule is Cc1c(CNC(=O)NC(C)(C(=O)O)C(F)(F)F)cnn1C. The molecule has 0 aliphatic carbocycles. The van der Waals surface area contributed by atoms with Crippen LogP contribution in [0.25, 0.3) is 0 Å². The molecule has 1 aromatic heterocycles. The van der Waals surface area contributed by atoms with Crippen molar-refractivity contribution in [3.05, 3.63) is 17.5 Å². The van der Waals surface area contributed by atoms with Gasteiger partial charge in [-0.2, -0.15) is 18.3 Å². The zero-order valence-electron chi connectivity index (χ0n) is 11.6. The first kappa shape index (κ1) is 16.8. The van der Waals surface area contributed by atoms with E-state index in [0.29, 0.717) is 12.5 Å². The normalized spacial score (nSPS) is 14.4. The van der Waals surface area contributed by atoms with Crippen LogP contribution in [-0.4, -0.2) is 38.6 Å². The molecular formula is C11H15F3N4O3. The van der Waals surface area contributed by atoms with Crippen molar-refractivity contribution in [2.24, 2.45) is 7.05 Å². The van der Waals surface area contributed by atoms with E-state index in [9.17, 15) is 22.8 Å². The van der Waals surface area contributed by atoms with Crippen LogP contribution in [-0.2, 0) is 18.4 Å². The summed E-state index contributed by atoms with van der Waals surface area (Å²) in [5, 5.41) is 16.2. The van der Waals surface area contributed by atoms with Crippen LogP contribution in [0.15, 0.2) is 6.20 Å². The van der Waals surface area contributed by atoms with Gasteiger partial charge in [-0.1, -0.05) is 0 Å². The quantitative estimate of drug-likeness (QED) is 0.771. The van der Waals surface area contributed by atoms with Gasteiger partial charge < -0.3 is 15.7 Å². The predicted molar refractivity (Wildman–Crippen MR) is 65.4 cm³/mol. The molecule has 0 radical (unpaired) electrons. The Bertz CT molecular complexity index is 555. The summed E-state index contributed by atoms with van der Waals surface area (Å²) in [4.78, 5) is 22.2. The van der Waals surface area contributed by atoms with E-state index >= 15 is 0 Å². The lowest BCUT2D eigenvalue weighted by atomic mass is 10.0. The molecule has 3 N–H and O–H groups in total. The zero-order chi connectivity index (χ0) is 16.4. The number of nitrogens with one attached hydrogen (secondary N) is 2. The highest BCUT2D eigenvalue weighted by atomic mass is 19.4. The van der Waals surface area contributed by atoms with Crippen LogP contribution >= 0.6 is 0 Å². The monoisotopic (exact) mass is 308 g/mol. The third-order valence-corrected chi connectivity index (χ3v) is 3.13. The molecule has 0 bridgehead atoms. The van der Waals surface area contributed by atoms with Crippen LogP contribution in [0.5, 0.6) is 0 Å². The molecule has 0 aliphatic rings. The fraction of sp³-hybridized carbons (Fsp3) is 0.545. The van der Waals surface area contributed by atoms with Crippen LogP contribution < -0.4 is 10.6 Å². The second kappa shape index (κ2) is 5.62. The number of alkyl halides is 3. The maximum Gasteiger partial charge on any atom is 0.422 e. The summed E-state index contributed by atoms with van der Waals surface area (Å²) in [5.74, 6) is -2.19. The highest BCUT2D eigenvalue weighted by Gasteiger charge is 2.58. The van der Waals surface area contributed by atoms with Crippen LogP contribution in [0.1, 0.15) is 18.2 Å². The number of carboxylic acid groups (broad SMARTS) is 1. The number of aromatic nitrogens is 2. The summed E-state index contributed by atoms with van der Waals surface area (Å²) >= 11 is 0. The molecule has 1 aromatic rings. The van der Waals surface area contributed by atoms with Gasteiger partial charge in [0, 0.05) is 24.8 Å². The maximum atomic E-state index is 12.7. The van der Waals surface area contributed by atoms with E-state index in [1.165, 1.54) is 16.2 Å². The first-order chi connectivity index (χ1) is 9.49. The standard InChI is InChI=1S/C11H15F3N4O3/c1-6-7(5-16-18(6)3)4-15-9(21)17-10(2,8(19)20)11(12,13)14/h5H,4H2,1-3H3,(H,19,20)(H2,15,17,21). The fourth-order valence-corrected chi connectivity index (χ4v) is 1.41. The van der Waals surface area contributed by atoms with Gasteiger partial charge in [0.1, 0.15) is 0 Å². The van der Waals surface area contributed by atoms with E-state index in [4.69, 9.17) is 5.11 Å². The third-order valence-electron chi connectivity index (χ3n) is 3.13. The van der Waals surface area contributed by atoms with Gasteiger partial charge in [0.15, 0.2) is 0 Å². The highest BCUT2D eigenvalue weighted by molar-refractivity contribution is 5.86. The van der Waals surface area contributed by atoms with Crippen molar-refractivity contribution >= 4 is 12.0 Å². The summed E-state index contributed by atoms with van der Waals surface area (Å²) in [6, 6.07) is -1.24. The number of amides is 2. The first-order valence-corrected chi connectivity index (χ1v) is 5.82. The van der Waals surface area contributed by atoms with Gasteiger partial charge in [-0.25, -0.2) is 9.59 Å². The Balaban J connectivity index is 2.72. The smallest absolute Gasteiger partial charge is 0.422 e. The number of carbonyl (C=O) groups is 2. The number of urea groups is 1. The molecule has 1 unspecified atom stereocenters. The maximum absolute atomic E-state index is 12.7. The Labute approximate surface area is 118 Å². The number of carboxylic acids is 1. The van der Waals surface area contributed by atoms with Crippen molar-refractivity contribution < 1.29 is 27.9 Å². The molecule has 1 atom stereocenters. The average molecular weight is 308 g/mol. The topological polar surface area (TPSA) is 96.2 Å². The summed E-state index contributed by atoms with van der Waals surface area (Å²) < 4.78 is 39.7. The number of aliphatic carboxylic acids is 1. The minimum atomic E-state index is -5.12. The lowest BCUT2D eigenvalue weighted by Crippen LogP contribution is -2.63. The predicted octanol–water partition coefficient (Wildman–Crippen LogP) is 0.933. The molecular weight excluding hydrogens is 293 g/mol. The van der Waals surface area contributed by atoms with Crippen molar-refractivity contribution in [2.45, 2.75) is 32.1 Å². The number of nitrogens with zero attached hydrogens (tertiary/aromatic N) is 2. The molecule has 21 heavy (non-hydrogen) atoms. The van der Waals surface area contributed by atoms with E-state index in [-0.39, 0.29) is 6.54 Å². The van der Waals surface area contributed by atoms with Gasteiger partial charge in [0.2, 0.25) is 5.54 Å². The number of carbonyl (C=O) groups excluding carboxylic acids is 1. The molecule has 10 heteroatoms. The Hall–Kier alpha value is -2.26. The molecule has 0 spiro atoms. The number of halogens is 3. The minimum absolute atomic E-state index is 0.0704. The van der Waals surface area contributed by atoms with E-state index in [1.807, 2.05) is 0 Å². The van der Waals surface area contributed by atoms with E-state index in [1.54, 1.807) is 14.0 Å².